The van der Waals surface area contributed by atoms with Gasteiger partial charge < -0.3 is 10.2 Å². The first-order valence-corrected chi connectivity index (χ1v) is 6.57. The van der Waals surface area contributed by atoms with Crippen LogP contribution in [-0.4, -0.2) is 35.4 Å². The Morgan fingerprint density at radius 2 is 2.22 bits per heavy atom. The molecule has 2 rings (SSSR count). The fourth-order valence-electron chi connectivity index (χ4n) is 2.02. The number of pyridine rings is 1. The van der Waals surface area contributed by atoms with Gasteiger partial charge in [-0.25, -0.2) is 4.98 Å². The molecule has 1 heterocycles. The minimum absolute atomic E-state index is 0.0586. The van der Waals surface area contributed by atoms with Crippen molar-refractivity contribution in [2.45, 2.75) is 32.7 Å². The highest BCUT2D eigenvalue weighted by atomic mass is 16.2. The SMILES string of the molecule is CNc1cccc(C(=O)N(CC(C)C)C2CC2)n1. The van der Waals surface area contributed by atoms with Crippen LogP contribution in [0, 0.1) is 5.92 Å². The standard InChI is InChI=1S/C14H21N3O/c1-10(2)9-17(11-7-8-11)14(18)12-5-4-6-13(15-3)16-12/h4-6,10-11H,7-9H2,1-3H3,(H,15,16). The van der Waals surface area contributed by atoms with Crippen molar-refractivity contribution in [1.82, 2.24) is 9.88 Å². The molecule has 1 N–H and O–H groups in total. The van der Waals surface area contributed by atoms with Crippen molar-refractivity contribution in [2.75, 3.05) is 18.9 Å². The number of hydrogen-bond donors (Lipinski definition) is 1. The minimum Gasteiger partial charge on any atom is -0.373 e. The van der Waals surface area contributed by atoms with Gasteiger partial charge in [-0.3, -0.25) is 4.79 Å². The van der Waals surface area contributed by atoms with Crippen LogP contribution in [0.15, 0.2) is 18.2 Å². The Morgan fingerprint density at radius 1 is 1.50 bits per heavy atom. The lowest BCUT2D eigenvalue weighted by molar-refractivity contribution is 0.0716. The van der Waals surface area contributed by atoms with Crippen LogP contribution in [0.1, 0.15) is 37.2 Å². The highest BCUT2D eigenvalue weighted by Crippen LogP contribution is 2.28. The number of hydrogen-bond acceptors (Lipinski definition) is 3. The van der Waals surface area contributed by atoms with Crippen LogP contribution < -0.4 is 5.32 Å². The summed E-state index contributed by atoms with van der Waals surface area (Å²) in [5.74, 6) is 1.28. The predicted molar refractivity (Wildman–Crippen MR) is 72.7 cm³/mol. The Hall–Kier alpha value is -1.58. The lowest BCUT2D eigenvalue weighted by Crippen LogP contribution is -2.36. The number of carbonyl (C=O) groups excluding carboxylic acids is 1. The fraction of sp³-hybridized carbons (Fsp3) is 0.571. The zero-order valence-corrected chi connectivity index (χ0v) is 11.3. The van der Waals surface area contributed by atoms with Crippen LogP contribution in [0.3, 0.4) is 0 Å². The smallest absolute Gasteiger partial charge is 0.272 e. The van der Waals surface area contributed by atoms with Crippen LogP contribution in [-0.2, 0) is 0 Å². The van der Waals surface area contributed by atoms with Gasteiger partial charge in [0.15, 0.2) is 0 Å². The number of anilines is 1. The molecule has 0 spiro atoms. The van der Waals surface area contributed by atoms with E-state index in [0.717, 1.165) is 25.2 Å². The van der Waals surface area contributed by atoms with E-state index in [4.69, 9.17) is 0 Å². The molecule has 4 nitrogen and oxygen atoms in total. The zero-order valence-electron chi connectivity index (χ0n) is 11.3. The van der Waals surface area contributed by atoms with E-state index in [1.165, 1.54) is 0 Å². The number of carbonyl (C=O) groups is 1. The Morgan fingerprint density at radius 3 is 2.78 bits per heavy atom. The molecule has 1 amide bonds. The highest BCUT2D eigenvalue weighted by Gasteiger charge is 2.33. The monoisotopic (exact) mass is 247 g/mol. The number of nitrogens with zero attached hydrogens (tertiary/aromatic N) is 2. The second-order valence-corrected chi connectivity index (χ2v) is 5.24. The van der Waals surface area contributed by atoms with E-state index in [-0.39, 0.29) is 5.91 Å². The molecule has 1 aliphatic rings. The van der Waals surface area contributed by atoms with E-state index in [1.54, 1.807) is 6.07 Å². The van der Waals surface area contributed by atoms with Crippen LogP contribution in [0.25, 0.3) is 0 Å². The van der Waals surface area contributed by atoms with Gasteiger partial charge in [-0.05, 0) is 30.9 Å². The van der Waals surface area contributed by atoms with Gasteiger partial charge in [-0.1, -0.05) is 19.9 Å². The summed E-state index contributed by atoms with van der Waals surface area (Å²) in [7, 11) is 1.81. The molecule has 0 bridgehead atoms. The molecular formula is C14H21N3O. The molecule has 0 aliphatic heterocycles. The summed E-state index contributed by atoms with van der Waals surface area (Å²) in [6, 6.07) is 5.95. The number of aromatic nitrogens is 1. The van der Waals surface area contributed by atoms with Crippen LogP contribution in [0.4, 0.5) is 5.82 Å². The molecule has 18 heavy (non-hydrogen) atoms. The van der Waals surface area contributed by atoms with Crippen molar-refractivity contribution < 1.29 is 4.79 Å². The normalized spacial score (nSPS) is 14.7. The minimum atomic E-state index is 0.0586. The molecule has 1 saturated carbocycles. The van der Waals surface area contributed by atoms with Crippen molar-refractivity contribution in [1.29, 1.82) is 0 Å². The first-order chi connectivity index (χ1) is 8.61. The molecule has 0 atom stereocenters. The third kappa shape index (κ3) is 3.00. The first kappa shape index (κ1) is 12.9. The van der Waals surface area contributed by atoms with E-state index >= 15 is 0 Å². The molecule has 0 aromatic carbocycles. The maximum Gasteiger partial charge on any atom is 0.272 e. The van der Waals surface area contributed by atoms with Gasteiger partial charge in [0.05, 0.1) is 0 Å². The predicted octanol–water partition coefficient (Wildman–Crippen LogP) is 2.38. The quantitative estimate of drug-likeness (QED) is 0.869. The van der Waals surface area contributed by atoms with Crippen molar-refractivity contribution in [3.63, 3.8) is 0 Å². The number of amides is 1. The van der Waals surface area contributed by atoms with Gasteiger partial charge in [-0.2, -0.15) is 0 Å². The Balaban J connectivity index is 2.16. The highest BCUT2D eigenvalue weighted by molar-refractivity contribution is 5.93. The topological polar surface area (TPSA) is 45.2 Å². The Kier molecular flexibility index (Phi) is 3.84. The summed E-state index contributed by atoms with van der Waals surface area (Å²) in [4.78, 5) is 18.8. The molecule has 0 saturated heterocycles. The summed E-state index contributed by atoms with van der Waals surface area (Å²) >= 11 is 0. The summed E-state index contributed by atoms with van der Waals surface area (Å²) in [6.07, 6.45) is 2.26. The first-order valence-electron chi connectivity index (χ1n) is 6.57. The molecule has 1 aliphatic carbocycles. The van der Waals surface area contributed by atoms with Crippen LogP contribution >= 0.6 is 0 Å². The molecule has 0 unspecified atom stereocenters. The zero-order chi connectivity index (χ0) is 13.1. The van der Waals surface area contributed by atoms with Crippen LogP contribution in [0.5, 0.6) is 0 Å². The van der Waals surface area contributed by atoms with E-state index in [2.05, 4.69) is 24.1 Å². The lowest BCUT2D eigenvalue weighted by atomic mass is 10.2. The van der Waals surface area contributed by atoms with Crippen molar-refractivity contribution >= 4 is 11.7 Å². The van der Waals surface area contributed by atoms with Gasteiger partial charge in [0.2, 0.25) is 0 Å². The average molecular weight is 247 g/mol. The maximum absolute atomic E-state index is 12.5. The second-order valence-electron chi connectivity index (χ2n) is 5.24. The van der Waals surface area contributed by atoms with Crippen molar-refractivity contribution in [3.8, 4) is 0 Å². The van der Waals surface area contributed by atoms with E-state index < -0.39 is 0 Å². The van der Waals surface area contributed by atoms with E-state index in [9.17, 15) is 4.79 Å². The molecule has 1 aromatic heterocycles. The Labute approximate surface area is 108 Å². The van der Waals surface area contributed by atoms with Gasteiger partial charge in [0.1, 0.15) is 11.5 Å². The maximum atomic E-state index is 12.5. The number of rotatable bonds is 5. The average Bonchev–Trinajstić information content (AvgIpc) is 3.19. The van der Waals surface area contributed by atoms with Gasteiger partial charge >= 0.3 is 0 Å². The molecule has 1 aromatic rings. The van der Waals surface area contributed by atoms with Crippen LogP contribution in [0.2, 0.25) is 0 Å². The van der Waals surface area contributed by atoms with E-state index in [0.29, 0.717) is 17.7 Å². The fourth-order valence-corrected chi connectivity index (χ4v) is 2.02. The molecule has 4 heteroatoms. The third-order valence-corrected chi connectivity index (χ3v) is 3.03. The molecule has 0 radical (unpaired) electrons. The van der Waals surface area contributed by atoms with Gasteiger partial charge in [-0.15, -0.1) is 0 Å². The largest absolute Gasteiger partial charge is 0.373 e. The number of nitrogens with one attached hydrogen (secondary N) is 1. The molecular weight excluding hydrogens is 226 g/mol. The van der Waals surface area contributed by atoms with Crippen molar-refractivity contribution in [3.05, 3.63) is 23.9 Å². The molecule has 98 valence electrons. The third-order valence-electron chi connectivity index (χ3n) is 3.03. The Bertz CT molecular complexity index is 427. The molecule has 1 fully saturated rings. The van der Waals surface area contributed by atoms with Gasteiger partial charge in [0.25, 0.3) is 5.91 Å². The lowest BCUT2D eigenvalue weighted by Gasteiger charge is -2.24. The van der Waals surface area contributed by atoms with Gasteiger partial charge in [0, 0.05) is 19.6 Å². The van der Waals surface area contributed by atoms with Crippen molar-refractivity contribution in [2.24, 2.45) is 5.92 Å². The van der Waals surface area contributed by atoms with E-state index in [1.807, 2.05) is 24.1 Å². The summed E-state index contributed by atoms with van der Waals surface area (Å²) in [6.45, 7) is 5.09. The second kappa shape index (κ2) is 5.38. The summed E-state index contributed by atoms with van der Waals surface area (Å²) < 4.78 is 0. The summed E-state index contributed by atoms with van der Waals surface area (Å²) in [5.41, 5.74) is 0.536. The summed E-state index contributed by atoms with van der Waals surface area (Å²) in [5, 5.41) is 2.96.